The molecule has 0 saturated carbocycles. The fraction of sp³-hybridized carbons (Fsp3) is 0.357. The van der Waals surface area contributed by atoms with E-state index < -0.39 is 11.6 Å². The van der Waals surface area contributed by atoms with Crippen LogP contribution in [0.4, 0.5) is 8.78 Å². The summed E-state index contributed by atoms with van der Waals surface area (Å²) in [7, 11) is 0. The van der Waals surface area contributed by atoms with E-state index in [-0.39, 0.29) is 31.0 Å². The van der Waals surface area contributed by atoms with Crippen LogP contribution in [0.3, 0.4) is 0 Å². The smallest absolute Gasteiger partial charge is 0.159 e. The van der Waals surface area contributed by atoms with E-state index >= 15 is 0 Å². The van der Waals surface area contributed by atoms with Crippen LogP contribution < -0.4 is 10.1 Å². The average Bonchev–Trinajstić information content (AvgIpc) is 2.88. The van der Waals surface area contributed by atoms with Gasteiger partial charge in [-0.3, -0.25) is 0 Å². The predicted molar refractivity (Wildman–Crippen MR) is 135 cm³/mol. The summed E-state index contributed by atoms with van der Waals surface area (Å²) >= 11 is 0. The van der Waals surface area contributed by atoms with Crippen LogP contribution in [-0.4, -0.2) is 32.4 Å². The lowest BCUT2D eigenvalue weighted by atomic mass is 9.87. The number of nitrogens with one attached hydrogen (secondary N) is 1. The summed E-state index contributed by atoms with van der Waals surface area (Å²) in [6, 6.07) is 22.2. The Kier molecular flexibility index (Phi) is 10.9. The number of benzene rings is 3. The molecular weight excluding hydrogens is 472 g/mol. The second-order valence-electron chi connectivity index (χ2n) is 8.51. The minimum atomic E-state index is -0.849. The van der Waals surface area contributed by atoms with Gasteiger partial charge < -0.3 is 19.5 Å². The first-order chi connectivity index (χ1) is 16.7. The number of halogens is 3. The molecule has 0 spiro atoms. The Labute approximate surface area is 212 Å². The van der Waals surface area contributed by atoms with E-state index in [0.29, 0.717) is 25.4 Å². The summed E-state index contributed by atoms with van der Waals surface area (Å²) in [6.45, 7) is 3.74. The molecule has 0 radical (unpaired) electrons. The van der Waals surface area contributed by atoms with Gasteiger partial charge in [-0.05, 0) is 53.9 Å². The van der Waals surface area contributed by atoms with Crippen LogP contribution in [0.2, 0.25) is 0 Å². The molecule has 3 aromatic rings. The van der Waals surface area contributed by atoms with Crippen molar-refractivity contribution in [3.8, 4) is 5.75 Å². The van der Waals surface area contributed by atoms with Crippen molar-refractivity contribution in [3.05, 3.63) is 101 Å². The van der Waals surface area contributed by atoms with Crippen LogP contribution in [0.15, 0.2) is 72.8 Å². The topological polar surface area (TPSA) is 39.7 Å². The van der Waals surface area contributed by atoms with Gasteiger partial charge in [0.15, 0.2) is 11.6 Å². The van der Waals surface area contributed by atoms with E-state index in [9.17, 15) is 8.78 Å². The van der Waals surface area contributed by atoms with E-state index in [1.807, 2.05) is 30.3 Å². The first-order valence-corrected chi connectivity index (χ1v) is 11.8. The van der Waals surface area contributed by atoms with Gasteiger partial charge in [-0.15, -0.1) is 12.4 Å². The zero-order chi connectivity index (χ0) is 23.6. The second-order valence-corrected chi connectivity index (χ2v) is 8.51. The zero-order valence-electron chi connectivity index (χ0n) is 19.6. The third kappa shape index (κ3) is 8.29. The van der Waals surface area contributed by atoms with Gasteiger partial charge in [0.2, 0.25) is 0 Å². The third-order valence-electron chi connectivity index (χ3n) is 6.00. The van der Waals surface area contributed by atoms with Crippen molar-refractivity contribution in [2.45, 2.75) is 38.1 Å². The highest BCUT2D eigenvalue weighted by molar-refractivity contribution is 5.85. The van der Waals surface area contributed by atoms with Gasteiger partial charge >= 0.3 is 0 Å². The van der Waals surface area contributed by atoms with Crippen molar-refractivity contribution in [2.24, 2.45) is 0 Å². The Morgan fingerprint density at radius 2 is 1.63 bits per heavy atom. The zero-order valence-corrected chi connectivity index (χ0v) is 20.4. The highest BCUT2D eigenvalue weighted by atomic mass is 35.5. The molecule has 1 heterocycles. The molecule has 0 bridgehead atoms. The molecule has 2 atom stereocenters. The number of piperidine rings is 1. The third-order valence-corrected chi connectivity index (χ3v) is 6.00. The number of hydrogen-bond acceptors (Lipinski definition) is 4. The lowest BCUT2D eigenvalue weighted by Crippen LogP contribution is -2.40. The molecule has 4 rings (SSSR count). The summed E-state index contributed by atoms with van der Waals surface area (Å²) in [6.07, 6.45) is 1.72. The molecule has 0 aromatic heterocycles. The Morgan fingerprint density at radius 3 is 2.40 bits per heavy atom. The molecule has 0 aliphatic carbocycles. The Bertz CT molecular complexity index is 1020. The fourth-order valence-electron chi connectivity index (χ4n) is 4.15. The fourth-order valence-corrected chi connectivity index (χ4v) is 4.15. The van der Waals surface area contributed by atoms with Crippen LogP contribution in [0.5, 0.6) is 5.75 Å². The minimum Gasteiger partial charge on any atom is -0.494 e. The van der Waals surface area contributed by atoms with Crippen LogP contribution in [0.1, 0.15) is 35.4 Å². The molecule has 1 N–H and O–H groups in total. The van der Waals surface area contributed by atoms with E-state index in [4.69, 9.17) is 14.2 Å². The quantitative estimate of drug-likeness (QED) is 0.324. The number of rotatable bonds is 11. The monoisotopic (exact) mass is 503 g/mol. The molecule has 1 fully saturated rings. The van der Waals surface area contributed by atoms with Crippen LogP contribution >= 0.6 is 12.4 Å². The average molecular weight is 504 g/mol. The Morgan fingerprint density at radius 1 is 0.829 bits per heavy atom. The molecule has 2 unspecified atom stereocenters. The second kappa shape index (κ2) is 14.1. The summed E-state index contributed by atoms with van der Waals surface area (Å²) in [5.74, 6) is -0.632. The Balaban J connectivity index is 0.00000342. The lowest BCUT2D eigenvalue weighted by Gasteiger charge is -2.32. The minimum absolute atomic E-state index is 0. The molecule has 4 nitrogen and oxygen atoms in total. The largest absolute Gasteiger partial charge is 0.494 e. The van der Waals surface area contributed by atoms with Gasteiger partial charge in [0.05, 0.1) is 32.5 Å². The van der Waals surface area contributed by atoms with Crippen molar-refractivity contribution in [1.29, 1.82) is 0 Å². The van der Waals surface area contributed by atoms with E-state index in [2.05, 4.69) is 29.6 Å². The van der Waals surface area contributed by atoms with Gasteiger partial charge in [-0.25, -0.2) is 8.78 Å². The summed E-state index contributed by atoms with van der Waals surface area (Å²) in [5, 5.41) is 3.36. The maximum atomic E-state index is 13.5. The van der Waals surface area contributed by atoms with Crippen molar-refractivity contribution >= 4 is 12.4 Å². The number of hydrogen-bond donors (Lipinski definition) is 1. The van der Waals surface area contributed by atoms with Crippen LogP contribution in [0.25, 0.3) is 0 Å². The normalized spacial score (nSPS) is 17.5. The van der Waals surface area contributed by atoms with Crippen molar-refractivity contribution in [2.75, 3.05) is 26.3 Å². The first-order valence-electron chi connectivity index (χ1n) is 11.8. The highest BCUT2D eigenvalue weighted by Crippen LogP contribution is 2.30. The maximum Gasteiger partial charge on any atom is 0.159 e. The molecule has 3 aromatic carbocycles. The maximum absolute atomic E-state index is 13.5. The molecule has 1 aliphatic heterocycles. The Hall–Kier alpha value is -2.51. The van der Waals surface area contributed by atoms with Crippen molar-refractivity contribution in [1.82, 2.24) is 5.32 Å². The molecule has 1 saturated heterocycles. The van der Waals surface area contributed by atoms with E-state index in [1.54, 1.807) is 6.07 Å². The first kappa shape index (κ1) is 27.1. The van der Waals surface area contributed by atoms with Crippen molar-refractivity contribution < 1.29 is 23.0 Å². The van der Waals surface area contributed by atoms with Gasteiger partial charge in [-0.2, -0.15) is 0 Å². The van der Waals surface area contributed by atoms with Gasteiger partial charge in [-0.1, -0.05) is 48.5 Å². The number of ether oxygens (including phenoxy) is 3. The van der Waals surface area contributed by atoms with Crippen LogP contribution in [-0.2, 0) is 22.7 Å². The molecular formula is C28H32ClF2NO3. The molecule has 35 heavy (non-hydrogen) atoms. The van der Waals surface area contributed by atoms with E-state index in [0.717, 1.165) is 37.7 Å². The predicted octanol–water partition coefficient (Wildman–Crippen LogP) is 6.03. The molecule has 1 aliphatic rings. The SMILES string of the molecule is Cl.Fc1ccc(COC2CNCCC2c2ccc(OCCCOCc3ccccc3)cc2)cc1F. The van der Waals surface area contributed by atoms with Gasteiger partial charge in [0.1, 0.15) is 5.75 Å². The van der Waals surface area contributed by atoms with Gasteiger partial charge in [0.25, 0.3) is 0 Å². The molecule has 0 amide bonds. The lowest BCUT2D eigenvalue weighted by molar-refractivity contribution is 0.0105. The van der Waals surface area contributed by atoms with Gasteiger partial charge in [0, 0.05) is 18.9 Å². The summed E-state index contributed by atoms with van der Waals surface area (Å²) in [4.78, 5) is 0. The highest BCUT2D eigenvalue weighted by Gasteiger charge is 2.27. The summed E-state index contributed by atoms with van der Waals surface area (Å²) < 4.78 is 44.3. The molecule has 7 heteroatoms. The van der Waals surface area contributed by atoms with E-state index in [1.165, 1.54) is 17.2 Å². The van der Waals surface area contributed by atoms with Crippen LogP contribution in [0, 0.1) is 11.6 Å². The van der Waals surface area contributed by atoms with Crippen molar-refractivity contribution in [3.63, 3.8) is 0 Å². The summed E-state index contributed by atoms with van der Waals surface area (Å²) in [5.41, 5.74) is 2.99. The standard InChI is InChI=1S/C28H31F2NO3.ClH/c29-26-12-7-22(17-27(26)30)20-34-28-18-31-14-13-25(28)23-8-10-24(11-9-23)33-16-4-15-32-19-21-5-2-1-3-6-21;/h1-3,5-12,17,25,28,31H,4,13-16,18-20H2;1H. The molecule has 188 valence electrons.